The van der Waals surface area contributed by atoms with Gasteiger partial charge in [-0.1, -0.05) is 24.3 Å². The molecular weight excluding hydrogens is 389 g/mol. The van der Waals surface area contributed by atoms with Crippen molar-refractivity contribution < 1.29 is 22.9 Å². The maximum atomic E-state index is 12.9. The maximum Gasteiger partial charge on any atom is 0.416 e. The van der Waals surface area contributed by atoms with Crippen LogP contribution >= 0.6 is 0 Å². The van der Waals surface area contributed by atoms with E-state index in [1.54, 1.807) is 13.0 Å². The van der Waals surface area contributed by atoms with Crippen molar-refractivity contribution in [3.05, 3.63) is 87.1 Å². The molecule has 7 nitrogen and oxygen atoms in total. The van der Waals surface area contributed by atoms with E-state index in [0.29, 0.717) is 11.3 Å². The van der Waals surface area contributed by atoms with E-state index in [0.717, 1.165) is 12.1 Å². The summed E-state index contributed by atoms with van der Waals surface area (Å²) in [6.07, 6.45) is -4.45. The van der Waals surface area contributed by atoms with Crippen molar-refractivity contribution in [2.45, 2.75) is 19.6 Å². The molecule has 1 N–H and O–H groups in total. The molecule has 10 heteroatoms. The fraction of sp³-hybridized carbons (Fsp3) is 0.158. The molecule has 0 aliphatic heterocycles. The number of nitrogens with zero attached hydrogens (tertiary/aromatic N) is 3. The summed E-state index contributed by atoms with van der Waals surface area (Å²) >= 11 is 0. The second-order valence-electron chi connectivity index (χ2n) is 6.26. The van der Waals surface area contributed by atoms with Crippen LogP contribution in [0.2, 0.25) is 0 Å². The average molecular weight is 404 g/mol. The number of para-hydroxylation sites is 1. The molecule has 0 aliphatic carbocycles. The number of benzene rings is 2. The summed E-state index contributed by atoms with van der Waals surface area (Å²) in [5, 5.41) is 17.7. The predicted octanol–water partition coefficient (Wildman–Crippen LogP) is 4.42. The molecule has 1 amide bonds. The number of alkyl halides is 3. The van der Waals surface area contributed by atoms with Crippen LogP contribution in [0.3, 0.4) is 0 Å². The Morgan fingerprint density at radius 3 is 2.59 bits per heavy atom. The van der Waals surface area contributed by atoms with Gasteiger partial charge < -0.3 is 5.32 Å². The lowest BCUT2D eigenvalue weighted by Gasteiger charge is -2.09. The van der Waals surface area contributed by atoms with Crippen LogP contribution < -0.4 is 5.32 Å². The number of hydrogen-bond acceptors (Lipinski definition) is 4. The highest BCUT2D eigenvalue weighted by atomic mass is 19.4. The molecule has 2 aromatic carbocycles. The van der Waals surface area contributed by atoms with Gasteiger partial charge in [-0.05, 0) is 30.7 Å². The number of nitro benzene ring substituents is 1. The van der Waals surface area contributed by atoms with E-state index in [2.05, 4.69) is 10.4 Å². The first-order valence-electron chi connectivity index (χ1n) is 8.40. The van der Waals surface area contributed by atoms with Gasteiger partial charge in [0.2, 0.25) is 0 Å². The first-order chi connectivity index (χ1) is 13.6. The van der Waals surface area contributed by atoms with Crippen LogP contribution in [-0.4, -0.2) is 20.6 Å². The summed E-state index contributed by atoms with van der Waals surface area (Å²) in [4.78, 5) is 22.8. The van der Waals surface area contributed by atoms with E-state index >= 15 is 0 Å². The van der Waals surface area contributed by atoms with Gasteiger partial charge in [-0.25, -0.2) is 0 Å². The van der Waals surface area contributed by atoms with Gasteiger partial charge >= 0.3 is 6.18 Å². The van der Waals surface area contributed by atoms with Crippen LogP contribution in [0.5, 0.6) is 0 Å². The van der Waals surface area contributed by atoms with Crippen molar-refractivity contribution in [1.29, 1.82) is 0 Å². The molecule has 1 heterocycles. The molecule has 0 spiro atoms. The van der Waals surface area contributed by atoms with Gasteiger partial charge in [-0.15, -0.1) is 0 Å². The number of carbonyl (C=O) groups excluding carboxylic acids is 1. The van der Waals surface area contributed by atoms with Crippen molar-refractivity contribution in [2.24, 2.45) is 0 Å². The van der Waals surface area contributed by atoms with E-state index in [-0.39, 0.29) is 23.6 Å². The number of nitrogens with one attached hydrogen (secondary N) is 1. The topological polar surface area (TPSA) is 90.1 Å². The van der Waals surface area contributed by atoms with Crippen molar-refractivity contribution in [3.8, 4) is 0 Å². The molecule has 150 valence electrons. The third kappa shape index (κ3) is 4.60. The standard InChI is InChI=1S/C19H15F3N4O3/c1-12-9-17(23-18(27)15-7-2-3-8-16(15)26(28)29)24-25(12)11-13-5-4-6-14(10-13)19(20,21)22/h2-10H,11H2,1H3,(H,23,24,27). The molecule has 0 bridgehead atoms. The van der Waals surface area contributed by atoms with Crippen molar-refractivity contribution >= 4 is 17.4 Å². The summed E-state index contributed by atoms with van der Waals surface area (Å²) in [6.45, 7) is 1.75. The second kappa shape index (κ2) is 7.74. The molecule has 3 rings (SSSR count). The summed E-state index contributed by atoms with van der Waals surface area (Å²) in [7, 11) is 0. The Hall–Kier alpha value is -3.69. The Balaban J connectivity index is 1.79. The molecule has 0 unspecified atom stereocenters. The van der Waals surface area contributed by atoms with Crippen LogP contribution in [0, 0.1) is 17.0 Å². The summed E-state index contributed by atoms with van der Waals surface area (Å²) in [5.74, 6) is -0.571. The van der Waals surface area contributed by atoms with Crippen molar-refractivity contribution in [1.82, 2.24) is 9.78 Å². The minimum Gasteiger partial charge on any atom is -0.305 e. The third-order valence-electron chi connectivity index (χ3n) is 4.15. The Kier molecular flexibility index (Phi) is 5.35. The zero-order valence-corrected chi connectivity index (χ0v) is 15.1. The van der Waals surface area contributed by atoms with Gasteiger partial charge in [-0.3, -0.25) is 19.6 Å². The predicted molar refractivity (Wildman–Crippen MR) is 98.6 cm³/mol. The van der Waals surface area contributed by atoms with E-state index in [1.165, 1.54) is 41.1 Å². The molecule has 0 aliphatic rings. The van der Waals surface area contributed by atoms with Crippen molar-refractivity contribution in [2.75, 3.05) is 5.32 Å². The zero-order valence-electron chi connectivity index (χ0n) is 15.1. The second-order valence-corrected chi connectivity index (χ2v) is 6.26. The van der Waals surface area contributed by atoms with Gasteiger partial charge in [0.1, 0.15) is 5.56 Å². The van der Waals surface area contributed by atoms with Gasteiger partial charge in [-0.2, -0.15) is 18.3 Å². The highest BCUT2D eigenvalue weighted by molar-refractivity contribution is 6.06. The Bertz CT molecular complexity index is 1080. The number of anilines is 1. The summed E-state index contributed by atoms with van der Waals surface area (Å²) in [5.41, 5.74) is -0.236. The normalized spacial score (nSPS) is 11.3. The van der Waals surface area contributed by atoms with Crippen LogP contribution in [0.1, 0.15) is 27.2 Å². The molecular formula is C19H15F3N4O3. The lowest BCUT2D eigenvalue weighted by atomic mass is 10.1. The number of nitro groups is 1. The fourth-order valence-corrected chi connectivity index (χ4v) is 2.76. The molecule has 0 fully saturated rings. The quantitative estimate of drug-likeness (QED) is 0.504. The van der Waals surface area contributed by atoms with Crippen LogP contribution in [0.25, 0.3) is 0 Å². The van der Waals surface area contributed by atoms with E-state index < -0.39 is 22.6 Å². The lowest BCUT2D eigenvalue weighted by Crippen LogP contribution is -2.14. The molecule has 1 aromatic heterocycles. The number of halogens is 3. The minimum absolute atomic E-state index is 0.0666. The van der Waals surface area contributed by atoms with Gasteiger partial charge in [0.25, 0.3) is 11.6 Å². The van der Waals surface area contributed by atoms with E-state index in [4.69, 9.17) is 0 Å². The first-order valence-corrected chi connectivity index (χ1v) is 8.40. The largest absolute Gasteiger partial charge is 0.416 e. The summed E-state index contributed by atoms with van der Waals surface area (Å²) < 4.78 is 40.0. The fourth-order valence-electron chi connectivity index (χ4n) is 2.76. The molecule has 29 heavy (non-hydrogen) atoms. The lowest BCUT2D eigenvalue weighted by molar-refractivity contribution is -0.385. The van der Waals surface area contributed by atoms with Crippen molar-refractivity contribution in [3.63, 3.8) is 0 Å². The molecule has 0 saturated heterocycles. The molecule has 0 atom stereocenters. The number of carbonyl (C=O) groups is 1. The first kappa shape index (κ1) is 20.1. The van der Waals surface area contributed by atoms with Crippen LogP contribution in [-0.2, 0) is 12.7 Å². The minimum atomic E-state index is -4.45. The Labute approximate surface area is 162 Å². The zero-order chi connectivity index (χ0) is 21.2. The number of rotatable bonds is 5. The Morgan fingerprint density at radius 2 is 1.90 bits per heavy atom. The number of aromatic nitrogens is 2. The van der Waals surface area contributed by atoms with Gasteiger partial charge in [0.05, 0.1) is 17.0 Å². The smallest absolute Gasteiger partial charge is 0.305 e. The van der Waals surface area contributed by atoms with Crippen LogP contribution in [0.4, 0.5) is 24.7 Å². The summed E-state index contributed by atoms with van der Waals surface area (Å²) in [6, 6.07) is 11.9. The SMILES string of the molecule is Cc1cc(NC(=O)c2ccccc2[N+](=O)[O-])nn1Cc1cccc(C(F)(F)F)c1. The molecule has 3 aromatic rings. The molecule has 0 radical (unpaired) electrons. The molecule has 0 saturated carbocycles. The monoisotopic (exact) mass is 404 g/mol. The number of hydrogen-bond donors (Lipinski definition) is 1. The average Bonchev–Trinajstić information content (AvgIpc) is 3.00. The van der Waals surface area contributed by atoms with Crippen LogP contribution in [0.15, 0.2) is 54.6 Å². The van der Waals surface area contributed by atoms with E-state index in [9.17, 15) is 28.1 Å². The Morgan fingerprint density at radius 1 is 1.17 bits per heavy atom. The highest BCUT2D eigenvalue weighted by Gasteiger charge is 2.30. The van der Waals surface area contributed by atoms with Gasteiger partial charge in [0.15, 0.2) is 5.82 Å². The van der Waals surface area contributed by atoms with E-state index in [1.807, 2.05) is 0 Å². The highest BCUT2D eigenvalue weighted by Crippen LogP contribution is 2.29. The third-order valence-corrected chi connectivity index (χ3v) is 4.15. The number of aryl methyl sites for hydroxylation is 1. The maximum absolute atomic E-state index is 12.9. The number of amides is 1. The van der Waals surface area contributed by atoms with Gasteiger partial charge in [0, 0.05) is 17.8 Å².